The topological polar surface area (TPSA) is 117 Å². The van der Waals surface area contributed by atoms with Gasteiger partial charge in [-0.25, -0.2) is 0 Å². The number of non-ortho nitro benzene ring substituents is 1. The summed E-state index contributed by atoms with van der Waals surface area (Å²) < 4.78 is 10.9. The van der Waals surface area contributed by atoms with Crippen molar-refractivity contribution >= 4 is 23.1 Å². The van der Waals surface area contributed by atoms with Gasteiger partial charge in [0, 0.05) is 23.1 Å². The molecule has 0 unspecified atom stereocenters. The van der Waals surface area contributed by atoms with Crippen LogP contribution in [0, 0.1) is 27.2 Å². The Balaban J connectivity index is 2.61. The summed E-state index contributed by atoms with van der Waals surface area (Å²) in [5.74, 6) is 1.13. The highest BCUT2D eigenvalue weighted by Crippen LogP contribution is 2.45. The number of nitro groups is 2. The van der Waals surface area contributed by atoms with Crippen molar-refractivity contribution in [3.05, 3.63) is 55.6 Å². The minimum Gasteiger partial charge on any atom is -0.493 e. The molecule has 0 amide bonds. The molecule has 0 saturated carbocycles. The van der Waals surface area contributed by atoms with Crippen molar-refractivity contribution in [3.63, 3.8) is 0 Å². The molecule has 9 nitrogen and oxygen atoms in total. The minimum absolute atomic E-state index is 0.301. The van der Waals surface area contributed by atoms with Gasteiger partial charge in [-0.1, -0.05) is 11.8 Å². The molecule has 0 aliphatic carbocycles. The van der Waals surface area contributed by atoms with Crippen LogP contribution in [0.25, 0.3) is 0 Å². The summed E-state index contributed by atoms with van der Waals surface area (Å²) in [6.07, 6.45) is 0. The van der Waals surface area contributed by atoms with E-state index in [1.165, 1.54) is 19.2 Å². The molecule has 0 saturated heterocycles. The highest BCUT2D eigenvalue weighted by Gasteiger charge is 2.23. The van der Waals surface area contributed by atoms with Crippen LogP contribution in [0.5, 0.6) is 11.5 Å². The molecule has 2 rings (SSSR count). The highest BCUT2D eigenvalue weighted by molar-refractivity contribution is 7.99. The number of aryl methyl sites for hydroxylation is 1. The Bertz CT molecular complexity index is 887. The van der Waals surface area contributed by atoms with Crippen molar-refractivity contribution in [1.29, 1.82) is 0 Å². The lowest BCUT2D eigenvalue weighted by molar-refractivity contribution is -0.396. The maximum atomic E-state index is 11.4. The lowest BCUT2D eigenvalue weighted by atomic mass is 10.1. The van der Waals surface area contributed by atoms with E-state index in [1.807, 2.05) is 13.0 Å². The Labute approximate surface area is 160 Å². The lowest BCUT2D eigenvalue weighted by Gasteiger charge is -2.18. The standard InChI is InChI=1S/C17H19N3O6S/c1-10-7-15(12(9-18-2)17(26-4)16(10)25-3)27-14-6-5-11(19(21)22)8-13(14)20(23)24/h5-8,18H,9H2,1-4H3. The Hall–Kier alpha value is -2.85. The van der Waals surface area contributed by atoms with Crippen LogP contribution in [-0.4, -0.2) is 31.1 Å². The molecular weight excluding hydrogens is 374 g/mol. The summed E-state index contributed by atoms with van der Waals surface area (Å²) >= 11 is 1.15. The van der Waals surface area contributed by atoms with Crippen LogP contribution < -0.4 is 14.8 Å². The molecule has 0 bridgehead atoms. The normalized spacial score (nSPS) is 10.5. The van der Waals surface area contributed by atoms with Gasteiger partial charge in [0.05, 0.1) is 35.0 Å². The summed E-state index contributed by atoms with van der Waals surface area (Å²) in [4.78, 5) is 22.1. The molecule has 2 aromatic carbocycles. The van der Waals surface area contributed by atoms with Gasteiger partial charge in [0.1, 0.15) is 0 Å². The summed E-state index contributed by atoms with van der Waals surface area (Å²) in [5.41, 5.74) is 0.934. The third-order valence-corrected chi connectivity index (χ3v) is 4.96. The second-order valence-electron chi connectivity index (χ2n) is 5.54. The third kappa shape index (κ3) is 4.29. The number of nitrogens with one attached hydrogen (secondary N) is 1. The molecule has 10 heteroatoms. The molecule has 2 aromatic rings. The quantitative estimate of drug-likeness (QED) is 0.533. The molecule has 0 aromatic heterocycles. The first-order valence-corrected chi connectivity index (χ1v) is 8.65. The Morgan fingerprint density at radius 2 is 1.70 bits per heavy atom. The van der Waals surface area contributed by atoms with E-state index in [1.54, 1.807) is 14.2 Å². The summed E-state index contributed by atoms with van der Waals surface area (Å²) in [6, 6.07) is 5.45. The van der Waals surface area contributed by atoms with Gasteiger partial charge in [-0.05, 0) is 31.7 Å². The van der Waals surface area contributed by atoms with E-state index in [4.69, 9.17) is 9.47 Å². The maximum Gasteiger partial charge on any atom is 0.290 e. The SMILES string of the molecule is CNCc1c(Sc2ccc([N+](=O)[O-])cc2[N+](=O)[O-])cc(C)c(OC)c1OC. The minimum atomic E-state index is -0.658. The molecule has 0 aliphatic heterocycles. The van der Waals surface area contributed by atoms with E-state index in [0.29, 0.717) is 22.9 Å². The zero-order chi connectivity index (χ0) is 20.1. The van der Waals surface area contributed by atoms with Crippen molar-refractivity contribution < 1.29 is 19.3 Å². The Kier molecular flexibility index (Phi) is 6.59. The van der Waals surface area contributed by atoms with Crippen LogP contribution in [0.2, 0.25) is 0 Å². The predicted octanol–water partition coefficient (Wildman–Crippen LogP) is 3.70. The molecule has 1 N–H and O–H groups in total. The summed E-state index contributed by atoms with van der Waals surface area (Å²) in [5, 5.41) is 25.4. The molecule has 0 aliphatic rings. The maximum absolute atomic E-state index is 11.4. The average Bonchev–Trinajstić information content (AvgIpc) is 2.63. The van der Waals surface area contributed by atoms with Crippen molar-refractivity contribution in [2.75, 3.05) is 21.3 Å². The van der Waals surface area contributed by atoms with Gasteiger partial charge in [0.25, 0.3) is 11.4 Å². The molecule has 144 valence electrons. The number of ether oxygens (including phenoxy) is 2. The van der Waals surface area contributed by atoms with E-state index < -0.39 is 9.85 Å². The van der Waals surface area contributed by atoms with Gasteiger partial charge >= 0.3 is 0 Å². The number of nitro benzene ring substituents is 2. The molecule has 27 heavy (non-hydrogen) atoms. The molecule has 0 heterocycles. The van der Waals surface area contributed by atoms with Gasteiger partial charge < -0.3 is 14.8 Å². The van der Waals surface area contributed by atoms with Crippen LogP contribution in [0.3, 0.4) is 0 Å². The molecule has 0 radical (unpaired) electrons. The average molecular weight is 393 g/mol. The Morgan fingerprint density at radius 1 is 1.04 bits per heavy atom. The summed E-state index contributed by atoms with van der Waals surface area (Å²) in [7, 11) is 4.84. The first-order chi connectivity index (χ1) is 12.8. The number of nitrogens with zero attached hydrogens (tertiary/aromatic N) is 2. The molecule has 0 fully saturated rings. The van der Waals surface area contributed by atoms with Crippen molar-refractivity contribution in [2.45, 2.75) is 23.3 Å². The van der Waals surface area contributed by atoms with Gasteiger partial charge in [0.2, 0.25) is 0 Å². The number of hydrogen-bond donors (Lipinski definition) is 1. The van der Waals surface area contributed by atoms with Gasteiger partial charge in [-0.2, -0.15) is 0 Å². The van der Waals surface area contributed by atoms with Crippen LogP contribution >= 0.6 is 11.8 Å². The Morgan fingerprint density at radius 3 is 2.22 bits per heavy atom. The first-order valence-electron chi connectivity index (χ1n) is 7.83. The van der Waals surface area contributed by atoms with Crippen molar-refractivity contribution in [2.24, 2.45) is 0 Å². The predicted molar refractivity (Wildman–Crippen MR) is 101 cm³/mol. The smallest absolute Gasteiger partial charge is 0.290 e. The second kappa shape index (κ2) is 8.69. The monoisotopic (exact) mass is 393 g/mol. The number of rotatable bonds is 8. The van der Waals surface area contributed by atoms with E-state index in [-0.39, 0.29) is 11.4 Å². The van der Waals surface area contributed by atoms with Crippen LogP contribution in [0.1, 0.15) is 11.1 Å². The van der Waals surface area contributed by atoms with Crippen LogP contribution in [0.4, 0.5) is 11.4 Å². The summed E-state index contributed by atoms with van der Waals surface area (Å²) in [6.45, 7) is 2.29. The fraction of sp³-hybridized carbons (Fsp3) is 0.294. The number of methoxy groups -OCH3 is 2. The van der Waals surface area contributed by atoms with Crippen LogP contribution in [-0.2, 0) is 6.54 Å². The highest BCUT2D eigenvalue weighted by atomic mass is 32.2. The van der Waals surface area contributed by atoms with E-state index in [2.05, 4.69) is 5.32 Å². The third-order valence-electron chi connectivity index (χ3n) is 3.82. The van der Waals surface area contributed by atoms with Gasteiger partial charge in [-0.3, -0.25) is 20.2 Å². The van der Waals surface area contributed by atoms with Crippen LogP contribution in [0.15, 0.2) is 34.1 Å². The van der Waals surface area contributed by atoms with E-state index >= 15 is 0 Å². The number of hydrogen-bond acceptors (Lipinski definition) is 8. The largest absolute Gasteiger partial charge is 0.493 e. The number of benzene rings is 2. The van der Waals surface area contributed by atoms with Crippen molar-refractivity contribution in [1.82, 2.24) is 5.32 Å². The zero-order valence-electron chi connectivity index (χ0n) is 15.3. The molecule has 0 atom stereocenters. The first kappa shape index (κ1) is 20.5. The fourth-order valence-electron chi connectivity index (χ4n) is 2.65. The van der Waals surface area contributed by atoms with Gasteiger partial charge in [-0.15, -0.1) is 0 Å². The molecule has 0 spiro atoms. The molecular formula is C17H19N3O6S. The fourth-order valence-corrected chi connectivity index (χ4v) is 3.78. The second-order valence-corrected chi connectivity index (χ2v) is 6.62. The van der Waals surface area contributed by atoms with E-state index in [0.717, 1.165) is 33.9 Å². The van der Waals surface area contributed by atoms with Gasteiger partial charge in [0.15, 0.2) is 11.5 Å². The zero-order valence-corrected chi connectivity index (χ0v) is 16.1. The van der Waals surface area contributed by atoms with Crippen molar-refractivity contribution in [3.8, 4) is 11.5 Å². The van der Waals surface area contributed by atoms with E-state index in [9.17, 15) is 20.2 Å². The lowest BCUT2D eigenvalue weighted by Crippen LogP contribution is -2.09.